The fourth-order valence-corrected chi connectivity index (χ4v) is 5.19. The van der Waals surface area contributed by atoms with Crippen LogP contribution in [0.4, 0.5) is 5.69 Å². The molecular formula is C18H14ClN3OS3. The maximum absolute atomic E-state index is 12.1. The zero-order valence-electron chi connectivity index (χ0n) is 13.5. The Labute approximate surface area is 167 Å². The summed E-state index contributed by atoms with van der Waals surface area (Å²) in [4.78, 5) is 18.8. The van der Waals surface area contributed by atoms with E-state index in [9.17, 15) is 4.79 Å². The summed E-state index contributed by atoms with van der Waals surface area (Å²) in [6.07, 6.45) is 4.00. The average Bonchev–Trinajstić information content (AvgIpc) is 3.32. The van der Waals surface area contributed by atoms with Crippen molar-refractivity contribution >= 4 is 62.6 Å². The van der Waals surface area contributed by atoms with Crippen molar-refractivity contribution in [3.63, 3.8) is 0 Å². The number of imidazole rings is 1. The Balaban J connectivity index is 1.31. The Kier molecular flexibility index (Phi) is 5.31. The van der Waals surface area contributed by atoms with E-state index in [2.05, 4.69) is 10.3 Å². The smallest absolute Gasteiger partial charge is 0.234 e. The Hall–Kier alpha value is -1.80. The number of carbonyl (C=O) groups is 1. The highest BCUT2D eigenvalue weighted by molar-refractivity contribution is 7.99. The van der Waals surface area contributed by atoms with Gasteiger partial charge in [0.1, 0.15) is 0 Å². The van der Waals surface area contributed by atoms with Crippen molar-refractivity contribution in [3.8, 4) is 11.3 Å². The van der Waals surface area contributed by atoms with E-state index in [1.165, 1.54) is 4.88 Å². The van der Waals surface area contributed by atoms with Crippen molar-refractivity contribution < 1.29 is 4.79 Å². The monoisotopic (exact) mass is 419 g/mol. The summed E-state index contributed by atoms with van der Waals surface area (Å²) < 4.78 is 2.79. The molecule has 0 saturated heterocycles. The topological polar surface area (TPSA) is 46.4 Å². The quantitative estimate of drug-likeness (QED) is 0.439. The van der Waals surface area contributed by atoms with E-state index in [1.54, 1.807) is 34.4 Å². The number of halogens is 1. The number of hydrogen-bond acceptors (Lipinski definition) is 5. The van der Waals surface area contributed by atoms with E-state index >= 15 is 0 Å². The summed E-state index contributed by atoms with van der Waals surface area (Å²) >= 11 is 10.6. The molecule has 0 fully saturated rings. The lowest BCUT2D eigenvalue weighted by atomic mass is 10.1. The van der Waals surface area contributed by atoms with Gasteiger partial charge in [-0.15, -0.1) is 34.4 Å². The largest absolute Gasteiger partial charge is 0.325 e. The average molecular weight is 420 g/mol. The molecular weight excluding hydrogens is 406 g/mol. The maximum Gasteiger partial charge on any atom is 0.234 e. The molecule has 0 radical (unpaired) electrons. The van der Waals surface area contributed by atoms with Gasteiger partial charge in [-0.1, -0.05) is 23.7 Å². The van der Waals surface area contributed by atoms with Gasteiger partial charge in [-0.2, -0.15) is 0 Å². The van der Waals surface area contributed by atoms with E-state index < -0.39 is 0 Å². The van der Waals surface area contributed by atoms with E-state index in [0.29, 0.717) is 5.75 Å². The number of hydrogen-bond donors (Lipinski definition) is 1. The molecule has 4 nitrogen and oxygen atoms in total. The molecule has 1 N–H and O–H groups in total. The third-order valence-electron chi connectivity index (χ3n) is 3.66. The van der Waals surface area contributed by atoms with Gasteiger partial charge < -0.3 is 5.32 Å². The first kappa shape index (κ1) is 17.6. The lowest BCUT2D eigenvalue weighted by Crippen LogP contribution is -2.13. The van der Waals surface area contributed by atoms with E-state index in [-0.39, 0.29) is 5.91 Å². The van der Waals surface area contributed by atoms with Crippen molar-refractivity contribution in [2.24, 2.45) is 0 Å². The fraction of sp³-hybridized carbons (Fsp3) is 0.111. The second-order valence-corrected chi connectivity index (χ2v) is 9.20. The predicted octanol–water partition coefficient (Wildman–Crippen LogP) is 5.65. The molecule has 1 amide bonds. The first-order chi connectivity index (χ1) is 12.7. The molecule has 0 saturated carbocycles. The summed E-state index contributed by atoms with van der Waals surface area (Å²) in [5.74, 6) is 1.20. The standard InChI is InChI=1S/C18H14ClN3OS3/c19-16-6-5-14(26-16)10-24-11-17(23)20-13-3-1-12(2-4-13)15-9-22-7-8-25-18(22)21-15/h1-9H,10-11H2,(H,20,23). The highest BCUT2D eigenvalue weighted by atomic mass is 35.5. The van der Waals surface area contributed by atoms with Gasteiger partial charge in [0.15, 0.2) is 4.96 Å². The molecule has 0 bridgehead atoms. The van der Waals surface area contributed by atoms with Gasteiger partial charge in [-0.25, -0.2) is 4.98 Å². The van der Waals surface area contributed by atoms with Crippen molar-refractivity contribution in [2.45, 2.75) is 5.75 Å². The minimum Gasteiger partial charge on any atom is -0.325 e. The fourth-order valence-electron chi connectivity index (χ4n) is 2.46. The zero-order valence-corrected chi connectivity index (χ0v) is 16.7. The van der Waals surface area contributed by atoms with Crippen LogP contribution in [0.5, 0.6) is 0 Å². The van der Waals surface area contributed by atoms with Gasteiger partial charge in [0.2, 0.25) is 5.91 Å². The number of amides is 1. The molecule has 4 aromatic rings. The number of benzene rings is 1. The van der Waals surface area contributed by atoms with Crippen LogP contribution < -0.4 is 5.32 Å². The number of rotatable bonds is 6. The first-order valence-electron chi connectivity index (χ1n) is 7.82. The predicted molar refractivity (Wildman–Crippen MR) is 113 cm³/mol. The van der Waals surface area contributed by atoms with Crippen LogP contribution in [-0.4, -0.2) is 21.0 Å². The van der Waals surface area contributed by atoms with Gasteiger partial charge in [0, 0.05) is 39.7 Å². The van der Waals surface area contributed by atoms with Crippen LogP contribution >= 0.6 is 46.0 Å². The van der Waals surface area contributed by atoms with E-state index in [1.807, 2.05) is 58.6 Å². The van der Waals surface area contributed by atoms with Gasteiger partial charge in [-0.3, -0.25) is 9.20 Å². The Morgan fingerprint density at radius 1 is 1.23 bits per heavy atom. The summed E-state index contributed by atoms with van der Waals surface area (Å²) in [7, 11) is 0. The number of anilines is 1. The van der Waals surface area contributed by atoms with Gasteiger partial charge in [-0.05, 0) is 24.3 Å². The summed E-state index contributed by atoms with van der Waals surface area (Å²) in [5.41, 5.74) is 2.75. The molecule has 3 aromatic heterocycles. The van der Waals surface area contributed by atoms with Crippen LogP contribution in [0.3, 0.4) is 0 Å². The van der Waals surface area contributed by atoms with Crippen molar-refractivity contribution in [3.05, 3.63) is 63.4 Å². The molecule has 3 heterocycles. The second kappa shape index (κ2) is 7.84. The van der Waals surface area contributed by atoms with Gasteiger partial charge in [0.25, 0.3) is 0 Å². The maximum atomic E-state index is 12.1. The number of thiazole rings is 1. The number of thioether (sulfide) groups is 1. The number of thiophene rings is 1. The second-order valence-electron chi connectivity index (χ2n) is 5.54. The van der Waals surface area contributed by atoms with Crippen LogP contribution in [0.1, 0.15) is 4.88 Å². The number of nitrogens with zero attached hydrogens (tertiary/aromatic N) is 2. The number of nitrogens with one attached hydrogen (secondary N) is 1. The lowest BCUT2D eigenvalue weighted by Gasteiger charge is -2.05. The molecule has 0 unspecified atom stereocenters. The minimum atomic E-state index is -0.00657. The minimum absolute atomic E-state index is 0.00657. The van der Waals surface area contributed by atoms with E-state index in [0.717, 1.165) is 32.0 Å². The Morgan fingerprint density at radius 2 is 2.08 bits per heavy atom. The summed E-state index contributed by atoms with van der Waals surface area (Å²) in [6.45, 7) is 0. The zero-order chi connectivity index (χ0) is 17.9. The van der Waals surface area contributed by atoms with E-state index in [4.69, 9.17) is 11.6 Å². The normalized spacial score (nSPS) is 11.1. The molecule has 0 atom stereocenters. The molecule has 1 aromatic carbocycles. The Bertz CT molecular complexity index is 1010. The molecule has 0 aliphatic heterocycles. The first-order valence-corrected chi connectivity index (χ1v) is 11.0. The third-order valence-corrected chi connectivity index (χ3v) is 6.83. The van der Waals surface area contributed by atoms with Crippen LogP contribution in [0.15, 0.2) is 54.2 Å². The van der Waals surface area contributed by atoms with Crippen molar-refractivity contribution in [1.82, 2.24) is 9.38 Å². The highest BCUT2D eigenvalue weighted by Crippen LogP contribution is 2.26. The number of carbonyl (C=O) groups excluding carboxylic acids is 1. The van der Waals surface area contributed by atoms with Gasteiger partial charge in [0.05, 0.1) is 15.8 Å². The SMILES string of the molecule is O=C(CSCc1ccc(Cl)s1)Nc1ccc(-c2cn3ccsc3n2)cc1. The third kappa shape index (κ3) is 4.12. The molecule has 0 aliphatic rings. The van der Waals surface area contributed by atoms with Crippen LogP contribution in [0, 0.1) is 0 Å². The number of fused-ring (bicyclic) bond motifs is 1. The Morgan fingerprint density at radius 3 is 2.81 bits per heavy atom. The molecule has 26 heavy (non-hydrogen) atoms. The summed E-state index contributed by atoms with van der Waals surface area (Å²) in [5, 5.41) is 4.94. The lowest BCUT2D eigenvalue weighted by molar-refractivity contribution is -0.113. The van der Waals surface area contributed by atoms with Crippen LogP contribution in [0.25, 0.3) is 16.2 Å². The van der Waals surface area contributed by atoms with Crippen molar-refractivity contribution in [1.29, 1.82) is 0 Å². The number of aromatic nitrogens is 2. The summed E-state index contributed by atoms with van der Waals surface area (Å²) in [6, 6.07) is 11.6. The molecule has 4 rings (SSSR count). The molecule has 0 spiro atoms. The van der Waals surface area contributed by atoms with Crippen molar-refractivity contribution in [2.75, 3.05) is 11.1 Å². The van der Waals surface area contributed by atoms with Crippen LogP contribution in [-0.2, 0) is 10.5 Å². The van der Waals surface area contributed by atoms with Crippen LogP contribution in [0.2, 0.25) is 4.34 Å². The molecule has 0 aliphatic carbocycles. The molecule has 8 heteroatoms. The highest BCUT2D eigenvalue weighted by Gasteiger charge is 2.07. The van der Waals surface area contributed by atoms with Gasteiger partial charge >= 0.3 is 0 Å². The molecule has 132 valence electrons.